The van der Waals surface area contributed by atoms with Gasteiger partial charge in [-0.25, -0.2) is 4.79 Å². The van der Waals surface area contributed by atoms with Crippen molar-refractivity contribution >= 4 is 11.8 Å². The number of hydrogen-bond donors (Lipinski definition) is 0. The van der Waals surface area contributed by atoms with Crippen LogP contribution in [0.4, 0.5) is 0 Å². The molecular weight excluding hydrogens is 172 g/mol. The normalized spacial score (nSPS) is 10.8. The van der Waals surface area contributed by atoms with Crippen LogP contribution in [0.3, 0.4) is 0 Å². The fraction of sp³-hybridized carbons (Fsp3) is 0.556. The van der Waals surface area contributed by atoms with Gasteiger partial charge in [0.1, 0.15) is 0 Å². The molecule has 0 aromatic carbocycles. The Kier molecular flexibility index (Phi) is 5.59. The van der Waals surface area contributed by atoms with Crippen molar-refractivity contribution in [2.24, 2.45) is 0 Å². The van der Waals surface area contributed by atoms with Gasteiger partial charge in [0.2, 0.25) is 0 Å². The molecule has 0 atom stereocenters. The van der Waals surface area contributed by atoms with E-state index in [1.54, 1.807) is 13.8 Å². The molecule has 0 fully saturated rings. The van der Waals surface area contributed by atoms with Gasteiger partial charge in [0, 0.05) is 5.57 Å². The summed E-state index contributed by atoms with van der Waals surface area (Å²) in [7, 11) is 0. The molecule has 4 nitrogen and oxygen atoms in total. The fourth-order valence-electron chi connectivity index (χ4n) is 0.619. The molecule has 0 N–H and O–H groups in total. The standard InChI is InChI=1S/C9H14O4/c1-4-12-6-7(3)8(10)9(11)13-5-2/h6H,4-5H2,1-3H3/b7-6+. The van der Waals surface area contributed by atoms with Crippen LogP contribution in [0.1, 0.15) is 20.8 Å². The maximum atomic E-state index is 11.1. The minimum absolute atomic E-state index is 0.201. The van der Waals surface area contributed by atoms with Crippen LogP contribution in [0.15, 0.2) is 11.8 Å². The smallest absolute Gasteiger partial charge is 0.379 e. The highest BCUT2D eigenvalue weighted by Gasteiger charge is 2.16. The molecule has 0 aliphatic heterocycles. The number of Topliss-reactive ketones (excluding diaryl/α,β-unsaturated/α-hetero) is 1. The molecular formula is C9H14O4. The summed E-state index contributed by atoms with van der Waals surface area (Å²) in [5.41, 5.74) is 0.250. The van der Waals surface area contributed by atoms with E-state index in [9.17, 15) is 9.59 Å². The van der Waals surface area contributed by atoms with E-state index in [1.165, 1.54) is 13.2 Å². The molecule has 0 saturated heterocycles. The van der Waals surface area contributed by atoms with Gasteiger partial charge >= 0.3 is 5.97 Å². The molecule has 0 aromatic heterocycles. The van der Waals surface area contributed by atoms with Crippen LogP contribution in [-0.4, -0.2) is 25.0 Å². The van der Waals surface area contributed by atoms with Crippen LogP contribution < -0.4 is 0 Å². The lowest BCUT2D eigenvalue weighted by atomic mass is 10.2. The lowest BCUT2D eigenvalue weighted by molar-refractivity contribution is -0.151. The molecule has 0 aromatic rings. The molecule has 0 aliphatic rings. The van der Waals surface area contributed by atoms with Gasteiger partial charge in [-0.2, -0.15) is 0 Å². The van der Waals surface area contributed by atoms with Gasteiger partial charge in [-0.3, -0.25) is 4.79 Å². The first-order valence-corrected chi connectivity index (χ1v) is 4.13. The number of carbonyl (C=O) groups excluding carboxylic acids is 2. The number of ether oxygens (including phenoxy) is 2. The number of hydrogen-bond acceptors (Lipinski definition) is 4. The van der Waals surface area contributed by atoms with Crippen molar-refractivity contribution in [1.29, 1.82) is 0 Å². The van der Waals surface area contributed by atoms with Crippen molar-refractivity contribution in [2.75, 3.05) is 13.2 Å². The first-order valence-electron chi connectivity index (χ1n) is 4.13. The molecule has 0 unspecified atom stereocenters. The van der Waals surface area contributed by atoms with Crippen LogP contribution >= 0.6 is 0 Å². The van der Waals surface area contributed by atoms with Crippen LogP contribution in [0.2, 0.25) is 0 Å². The molecule has 0 rings (SSSR count). The monoisotopic (exact) mass is 186 g/mol. The Morgan fingerprint density at radius 1 is 1.23 bits per heavy atom. The summed E-state index contributed by atoms with van der Waals surface area (Å²) in [4.78, 5) is 22.0. The number of carbonyl (C=O) groups is 2. The van der Waals surface area contributed by atoms with Crippen molar-refractivity contribution in [1.82, 2.24) is 0 Å². The zero-order chi connectivity index (χ0) is 10.3. The van der Waals surface area contributed by atoms with E-state index in [-0.39, 0.29) is 12.2 Å². The molecule has 0 radical (unpaired) electrons. The molecule has 0 aliphatic carbocycles. The van der Waals surface area contributed by atoms with Crippen molar-refractivity contribution in [3.05, 3.63) is 11.8 Å². The van der Waals surface area contributed by atoms with Crippen molar-refractivity contribution in [3.8, 4) is 0 Å². The predicted molar refractivity (Wildman–Crippen MR) is 47.0 cm³/mol. The lowest BCUT2D eigenvalue weighted by Crippen LogP contribution is -2.18. The van der Waals surface area contributed by atoms with Crippen LogP contribution in [-0.2, 0) is 19.1 Å². The molecule has 0 spiro atoms. The largest absolute Gasteiger partial charge is 0.501 e. The maximum Gasteiger partial charge on any atom is 0.379 e. The maximum absolute atomic E-state index is 11.1. The molecule has 0 saturated carbocycles. The summed E-state index contributed by atoms with van der Waals surface area (Å²) in [5, 5.41) is 0. The average molecular weight is 186 g/mol. The summed E-state index contributed by atoms with van der Waals surface area (Å²) in [6.45, 7) is 5.61. The summed E-state index contributed by atoms with van der Waals surface area (Å²) in [6.07, 6.45) is 1.26. The SMILES string of the molecule is CCO/C=C(\C)C(=O)C(=O)OCC. The first-order chi connectivity index (χ1) is 6.13. The van der Waals surface area contributed by atoms with Gasteiger partial charge in [-0.1, -0.05) is 0 Å². The van der Waals surface area contributed by atoms with Crippen molar-refractivity contribution < 1.29 is 19.1 Å². The zero-order valence-electron chi connectivity index (χ0n) is 8.12. The molecule has 0 heterocycles. The Hall–Kier alpha value is -1.32. The van der Waals surface area contributed by atoms with Crippen molar-refractivity contribution in [2.45, 2.75) is 20.8 Å². The van der Waals surface area contributed by atoms with E-state index in [0.29, 0.717) is 6.61 Å². The van der Waals surface area contributed by atoms with Gasteiger partial charge in [-0.15, -0.1) is 0 Å². The second kappa shape index (κ2) is 6.22. The summed E-state index contributed by atoms with van der Waals surface area (Å²) < 4.78 is 9.37. The van der Waals surface area contributed by atoms with Gasteiger partial charge in [0.15, 0.2) is 0 Å². The van der Waals surface area contributed by atoms with Crippen LogP contribution in [0.25, 0.3) is 0 Å². The Labute approximate surface area is 77.5 Å². The zero-order valence-corrected chi connectivity index (χ0v) is 8.12. The van der Waals surface area contributed by atoms with Gasteiger partial charge in [0.05, 0.1) is 19.5 Å². The highest BCUT2D eigenvalue weighted by molar-refractivity contribution is 6.40. The van der Waals surface area contributed by atoms with Gasteiger partial charge in [-0.05, 0) is 20.8 Å². The van der Waals surface area contributed by atoms with E-state index >= 15 is 0 Å². The topological polar surface area (TPSA) is 52.6 Å². The summed E-state index contributed by atoms with van der Waals surface area (Å²) >= 11 is 0. The predicted octanol–water partition coefficient (Wildman–Crippen LogP) is 1.06. The summed E-state index contributed by atoms with van der Waals surface area (Å²) in [5.74, 6) is -1.49. The van der Waals surface area contributed by atoms with E-state index in [0.717, 1.165) is 0 Å². The van der Waals surface area contributed by atoms with Gasteiger partial charge < -0.3 is 9.47 Å². The van der Waals surface area contributed by atoms with E-state index < -0.39 is 11.8 Å². The van der Waals surface area contributed by atoms with Gasteiger partial charge in [0.25, 0.3) is 5.78 Å². The third-order valence-electron chi connectivity index (χ3n) is 1.25. The van der Waals surface area contributed by atoms with E-state index in [4.69, 9.17) is 4.74 Å². The van der Waals surface area contributed by atoms with Crippen LogP contribution in [0, 0.1) is 0 Å². The van der Waals surface area contributed by atoms with Crippen LogP contribution in [0.5, 0.6) is 0 Å². The first kappa shape index (κ1) is 11.7. The highest BCUT2D eigenvalue weighted by Crippen LogP contribution is 1.97. The molecule has 0 bridgehead atoms. The van der Waals surface area contributed by atoms with E-state index in [1.807, 2.05) is 0 Å². The molecule has 13 heavy (non-hydrogen) atoms. The average Bonchev–Trinajstić information content (AvgIpc) is 2.13. The van der Waals surface area contributed by atoms with E-state index in [2.05, 4.69) is 4.74 Å². The second-order valence-corrected chi connectivity index (χ2v) is 2.31. The Morgan fingerprint density at radius 2 is 1.85 bits per heavy atom. The number of esters is 1. The minimum Gasteiger partial charge on any atom is -0.501 e. The Balaban J connectivity index is 4.16. The molecule has 74 valence electrons. The molecule has 0 amide bonds. The highest BCUT2D eigenvalue weighted by atomic mass is 16.5. The minimum atomic E-state index is -0.837. The third-order valence-corrected chi connectivity index (χ3v) is 1.25. The quantitative estimate of drug-likeness (QED) is 0.279. The fourth-order valence-corrected chi connectivity index (χ4v) is 0.619. The number of ketones is 1. The molecule has 4 heteroatoms. The Morgan fingerprint density at radius 3 is 2.31 bits per heavy atom. The Bertz CT molecular complexity index is 218. The lowest BCUT2D eigenvalue weighted by Gasteiger charge is -2.00. The second-order valence-electron chi connectivity index (χ2n) is 2.31. The summed E-state index contributed by atoms with van der Waals surface area (Å²) in [6, 6.07) is 0. The number of rotatable bonds is 5. The van der Waals surface area contributed by atoms with Crippen molar-refractivity contribution in [3.63, 3.8) is 0 Å². The third kappa shape index (κ3) is 4.30.